The van der Waals surface area contributed by atoms with Gasteiger partial charge in [-0.2, -0.15) is 0 Å². The monoisotopic (exact) mass is 310 g/mol. The summed E-state index contributed by atoms with van der Waals surface area (Å²) in [6, 6.07) is 6.21. The second-order valence-corrected chi connectivity index (χ2v) is 6.33. The molecule has 0 radical (unpaired) electrons. The predicted molar refractivity (Wildman–Crippen MR) is 89.2 cm³/mol. The number of nitrogens with one attached hydrogen (secondary N) is 3. The molecule has 1 aliphatic rings. The SMILES string of the molecule is CC1CC[NH+](CCCNC(=S)Nc2ccc(F)cc2)CC1. The van der Waals surface area contributed by atoms with Gasteiger partial charge >= 0.3 is 0 Å². The number of likely N-dealkylation sites (tertiary alicyclic amines) is 1. The molecule has 21 heavy (non-hydrogen) atoms. The van der Waals surface area contributed by atoms with Crippen molar-refractivity contribution in [3.05, 3.63) is 30.1 Å². The van der Waals surface area contributed by atoms with Crippen molar-refractivity contribution in [3.63, 3.8) is 0 Å². The van der Waals surface area contributed by atoms with Crippen LogP contribution in [0.2, 0.25) is 0 Å². The molecule has 116 valence electrons. The number of hydrogen-bond donors (Lipinski definition) is 3. The summed E-state index contributed by atoms with van der Waals surface area (Å²) in [5.41, 5.74) is 0.810. The van der Waals surface area contributed by atoms with E-state index in [0.29, 0.717) is 5.11 Å². The Hall–Kier alpha value is -1.20. The van der Waals surface area contributed by atoms with Gasteiger partial charge in [0.1, 0.15) is 5.82 Å². The second kappa shape index (κ2) is 8.29. The lowest BCUT2D eigenvalue weighted by Gasteiger charge is -2.27. The first kappa shape index (κ1) is 16.2. The molecule has 2 rings (SSSR count). The number of quaternary nitrogens is 1. The van der Waals surface area contributed by atoms with Crippen LogP contribution in [0.5, 0.6) is 0 Å². The van der Waals surface area contributed by atoms with Gasteiger partial charge in [-0.25, -0.2) is 4.39 Å². The third-order valence-corrected chi connectivity index (χ3v) is 4.32. The van der Waals surface area contributed by atoms with Crippen LogP contribution in [0.4, 0.5) is 10.1 Å². The molecule has 0 aromatic heterocycles. The van der Waals surface area contributed by atoms with Gasteiger partial charge in [0.15, 0.2) is 5.11 Å². The lowest BCUT2D eigenvalue weighted by molar-refractivity contribution is -0.906. The fourth-order valence-electron chi connectivity index (χ4n) is 2.67. The highest BCUT2D eigenvalue weighted by atomic mass is 32.1. The smallest absolute Gasteiger partial charge is 0.170 e. The largest absolute Gasteiger partial charge is 0.362 e. The minimum Gasteiger partial charge on any atom is -0.362 e. The highest BCUT2D eigenvalue weighted by Crippen LogP contribution is 2.08. The van der Waals surface area contributed by atoms with Gasteiger partial charge in [0.25, 0.3) is 0 Å². The van der Waals surface area contributed by atoms with Gasteiger partial charge in [0.05, 0.1) is 19.6 Å². The topological polar surface area (TPSA) is 28.5 Å². The van der Waals surface area contributed by atoms with E-state index in [1.54, 1.807) is 17.0 Å². The van der Waals surface area contributed by atoms with Crippen molar-refractivity contribution >= 4 is 23.0 Å². The molecule has 0 aliphatic carbocycles. The highest BCUT2D eigenvalue weighted by molar-refractivity contribution is 7.80. The van der Waals surface area contributed by atoms with E-state index in [1.807, 2.05) is 0 Å². The fourth-order valence-corrected chi connectivity index (χ4v) is 2.89. The van der Waals surface area contributed by atoms with E-state index >= 15 is 0 Å². The zero-order chi connectivity index (χ0) is 15.1. The summed E-state index contributed by atoms with van der Waals surface area (Å²) >= 11 is 5.23. The summed E-state index contributed by atoms with van der Waals surface area (Å²) in [5, 5.41) is 6.87. The number of thiocarbonyl (C=S) groups is 1. The molecule has 5 heteroatoms. The lowest BCUT2D eigenvalue weighted by atomic mass is 9.99. The maximum absolute atomic E-state index is 12.8. The summed E-state index contributed by atoms with van der Waals surface area (Å²) in [6.07, 6.45) is 3.83. The van der Waals surface area contributed by atoms with E-state index < -0.39 is 0 Å². The molecule has 3 N–H and O–H groups in total. The quantitative estimate of drug-likeness (QED) is 0.572. The van der Waals surface area contributed by atoms with Gasteiger partial charge in [0, 0.05) is 18.7 Å². The van der Waals surface area contributed by atoms with E-state index in [1.165, 1.54) is 44.6 Å². The summed E-state index contributed by atoms with van der Waals surface area (Å²) in [4.78, 5) is 1.72. The Balaban J connectivity index is 1.58. The molecule has 1 aromatic carbocycles. The molecule has 1 heterocycles. The van der Waals surface area contributed by atoms with Crippen LogP contribution in [0.3, 0.4) is 0 Å². The van der Waals surface area contributed by atoms with Gasteiger partial charge in [-0.15, -0.1) is 0 Å². The summed E-state index contributed by atoms with van der Waals surface area (Å²) in [5.74, 6) is 0.664. The second-order valence-electron chi connectivity index (χ2n) is 5.92. The van der Waals surface area contributed by atoms with Crippen LogP contribution >= 0.6 is 12.2 Å². The van der Waals surface area contributed by atoms with Crippen LogP contribution in [-0.2, 0) is 0 Å². The Morgan fingerprint density at radius 2 is 1.95 bits per heavy atom. The standard InChI is InChI=1S/C16H24FN3S/c1-13-7-11-20(12-8-13)10-2-9-18-16(21)19-15-5-3-14(17)4-6-15/h3-6,13H,2,7-12H2,1H3,(H2,18,19,21)/p+1. The Bertz CT molecular complexity index is 441. The Kier molecular flexibility index (Phi) is 6.39. The van der Waals surface area contributed by atoms with Crippen LogP contribution in [0, 0.1) is 11.7 Å². The molecule has 0 atom stereocenters. The molecular weight excluding hydrogens is 285 g/mol. The van der Waals surface area contributed by atoms with Crippen molar-refractivity contribution < 1.29 is 9.29 Å². The third kappa shape index (κ3) is 5.98. The van der Waals surface area contributed by atoms with Crippen molar-refractivity contribution in [2.75, 3.05) is 31.5 Å². The molecule has 0 bridgehead atoms. The summed E-state index contributed by atoms with van der Waals surface area (Å²) in [6.45, 7) is 7.04. The number of halogens is 1. The number of anilines is 1. The first-order valence-electron chi connectivity index (χ1n) is 7.77. The number of rotatable bonds is 5. The van der Waals surface area contributed by atoms with E-state index in [4.69, 9.17) is 12.2 Å². The first-order chi connectivity index (χ1) is 10.1. The van der Waals surface area contributed by atoms with Gasteiger partial charge in [0.2, 0.25) is 0 Å². The van der Waals surface area contributed by atoms with E-state index in [0.717, 1.165) is 24.6 Å². The van der Waals surface area contributed by atoms with E-state index in [9.17, 15) is 4.39 Å². The summed E-state index contributed by atoms with van der Waals surface area (Å²) < 4.78 is 12.8. The van der Waals surface area contributed by atoms with Crippen LogP contribution in [0.1, 0.15) is 26.2 Å². The first-order valence-corrected chi connectivity index (χ1v) is 8.18. The third-order valence-electron chi connectivity index (χ3n) is 4.08. The van der Waals surface area contributed by atoms with Crippen LogP contribution in [0.25, 0.3) is 0 Å². The summed E-state index contributed by atoms with van der Waals surface area (Å²) in [7, 11) is 0. The number of benzene rings is 1. The maximum atomic E-state index is 12.8. The van der Waals surface area contributed by atoms with Gasteiger partial charge in [-0.1, -0.05) is 6.92 Å². The average molecular weight is 310 g/mol. The minimum absolute atomic E-state index is 0.238. The van der Waals surface area contributed by atoms with Gasteiger partial charge < -0.3 is 15.5 Å². The van der Waals surface area contributed by atoms with Gasteiger partial charge in [-0.3, -0.25) is 0 Å². The zero-order valence-corrected chi connectivity index (χ0v) is 13.4. The molecule has 1 saturated heterocycles. The van der Waals surface area contributed by atoms with E-state index in [2.05, 4.69) is 17.6 Å². The molecule has 0 amide bonds. The molecular formula is C16H25FN3S+. The molecule has 1 aromatic rings. The number of piperidine rings is 1. The van der Waals surface area contributed by atoms with Crippen molar-refractivity contribution in [3.8, 4) is 0 Å². The fraction of sp³-hybridized carbons (Fsp3) is 0.562. The maximum Gasteiger partial charge on any atom is 0.170 e. The molecule has 1 fully saturated rings. The Morgan fingerprint density at radius 3 is 2.62 bits per heavy atom. The lowest BCUT2D eigenvalue weighted by Crippen LogP contribution is -3.13. The molecule has 1 aliphatic heterocycles. The normalized spacial score (nSPS) is 21.8. The minimum atomic E-state index is -0.238. The Morgan fingerprint density at radius 1 is 1.29 bits per heavy atom. The van der Waals surface area contributed by atoms with Crippen molar-refractivity contribution in [1.29, 1.82) is 0 Å². The van der Waals surface area contributed by atoms with Crippen LogP contribution in [-0.4, -0.2) is 31.3 Å². The molecule has 0 saturated carbocycles. The predicted octanol–water partition coefficient (Wildman–Crippen LogP) is 1.82. The van der Waals surface area contributed by atoms with Crippen LogP contribution < -0.4 is 15.5 Å². The van der Waals surface area contributed by atoms with Crippen molar-refractivity contribution in [1.82, 2.24) is 5.32 Å². The van der Waals surface area contributed by atoms with Gasteiger partial charge in [-0.05, 0) is 55.2 Å². The van der Waals surface area contributed by atoms with E-state index in [-0.39, 0.29) is 5.82 Å². The molecule has 0 spiro atoms. The van der Waals surface area contributed by atoms with Crippen LogP contribution in [0.15, 0.2) is 24.3 Å². The molecule has 3 nitrogen and oxygen atoms in total. The Labute approximate surface area is 131 Å². The van der Waals surface area contributed by atoms with Crippen molar-refractivity contribution in [2.24, 2.45) is 5.92 Å². The zero-order valence-electron chi connectivity index (χ0n) is 12.6. The highest BCUT2D eigenvalue weighted by Gasteiger charge is 2.17. The molecule has 0 unspecified atom stereocenters. The number of hydrogen-bond acceptors (Lipinski definition) is 1. The van der Waals surface area contributed by atoms with Crippen molar-refractivity contribution in [2.45, 2.75) is 26.2 Å². The average Bonchev–Trinajstić information content (AvgIpc) is 2.48.